The lowest BCUT2D eigenvalue weighted by Crippen LogP contribution is -2.64. The summed E-state index contributed by atoms with van der Waals surface area (Å²) < 4.78 is 11.3. The van der Waals surface area contributed by atoms with Crippen LogP contribution in [0, 0.1) is 22.7 Å². The Morgan fingerprint density at radius 3 is 2.59 bits per heavy atom. The summed E-state index contributed by atoms with van der Waals surface area (Å²) >= 11 is 0. The molecule has 4 rings (SSSR count). The first-order valence-electron chi connectivity index (χ1n) is 10.6. The summed E-state index contributed by atoms with van der Waals surface area (Å²) in [7, 11) is 0. The molecule has 1 heterocycles. The van der Waals surface area contributed by atoms with E-state index in [0.29, 0.717) is 24.4 Å². The van der Waals surface area contributed by atoms with E-state index in [4.69, 9.17) is 9.15 Å². The summed E-state index contributed by atoms with van der Waals surface area (Å²) in [5.74, 6) is 0.891. The average molecular weight is 401 g/mol. The zero-order valence-corrected chi connectivity index (χ0v) is 17.8. The minimum Gasteiger partial charge on any atom is -0.493 e. The van der Waals surface area contributed by atoms with Crippen LogP contribution in [-0.4, -0.2) is 28.5 Å². The fraction of sp³-hybridized carbons (Fsp3) is 0.625. The number of hydrogen-bond acceptors (Lipinski definition) is 5. The largest absolute Gasteiger partial charge is 0.493 e. The summed E-state index contributed by atoms with van der Waals surface area (Å²) in [6.45, 7) is 8.80. The van der Waals surface area contributed by atoms with Crippen LogP contribution in [0.1, 0.15) is 53.4 Å². The van der Waals surface area contributed by atoms with Gasteiger partial charge in [0.2, 0.25) is 0 Å². The Kier molecular flexibility index (Phi) is 4.82. The first kappa shape index (κ1) is 20.4. The highest BCUT2D eigenvalue weighted by Crippen LogP contribution is 2.62. The van der Waals surface area contributed by atoms with E-state index in [2.05, 4.69) is 20.8 Å². The predicted molar refractivity (Wildman–Crippen MR) is 112 cm³/mol. The van der Waals surface area contributed by atoms with Crippen molar-refractivity contribution in [3.8, 4) is 5.75 Å². The van der Waals surface area contributed by atoms with Gasteiger partial charge in [-0.3, -0.25) is 0 Å². The lowest BCUT2D eigenvalue weighted by Gasteiger charge is -2.63. The van der Waals surface area contributed by atoms with Crippen molar-refractivity contribution in [2.75, 3.05) is 6.61 Å². The zero-order chi connectivity index (χ0) is 21.0. The number of benzene rings is 1. The molecule has 5 nitrogen and oxygen atoms in total. The molecule has 5 atom stereocenters. The smallest absolute Gasteiger partial charge is 0.336 e. The number of ether oxygens (including phenoxy) is 1. The molecular formula is C24H32O5. The van der Waals surface area contributed by atoms with Gasteiger partial charge in [-0.25, -0.2) is 4.79 Å². The van der Waals surface area contributed by atoms with Crippen LogP contribution in [0.3, 0.4) is 0 Å². The number of hydrogen-bond donors (Lipinski definition) is 2. The highest BCUT2D eigenvalue weighted by Gasteiger charge is 2.62. The maximum atomic E-state index is 11.7. The van der Waals surface area contributed by atoms with Crippen molar-refractivity contribution in [2.45, 2.75) is 65.1 Å². The summed E-state index contributed by atoms with van der Waals surface area (Å²) in [6, 6.07) is 8.61. The fourth-order valence-electron chi connectivity index (χ4n) is 6.02. The maximum absolute atomic E-state index is 11.7. The molecule has 5 heteroatoms. The minimum absolute atomic E-state index is 0.00623. The topological polar surface area (TPSA) is 79.9 Å². The second-order valence-electron chi connectivity index (χ2n) is 10.0. The molecule has 0 saturated heterocycles. The quantitative estimate of drug-likeness (QED) is 0.757. The molecule has 158 valence electrons. The van der Waals surface area contributed by atoms with Crippen molar-refractivity contribution in [2.24, 2.45) is 22.7 Å². The Hall–Kier alpha value is -1.85. The molecular weight excluding hydrogens is 368 g/mol. The van der Waals surface area contributed by atoms with Crippen molar-refractivity contribution >= 4 is 11.0 Å². The molecule has 0 spiro atoms. The monoisotopic (exact) mass is 400 g/mol. The Morgan fingerprint density at radius 1 is 1.10 bits per heavy atom. The van der Waals surface area contributed by atoms with Gasteiger partial charge < -0.3 is 19.4 Å². The Morgan fingerprint density at radius 2 is 1.83 bits per heavy atom. The predicted octanol–water partition coefficient (Wildman–Crippen LogP) is 4.14. The zero-order valence-electron chi connectivity index (χ0n) is 17.8. The SMILES string of the molecule is CC1(C)[C@H]2CC[C@H](COc3ccc4ccc(=O)oc4c3)[C@@](C)(O)[C@@]2(C)CC[C@@H]1O. The van der Waals surface area contributed by atoms with Crippen LogP contribution in [0.25, 0.3) is 11.0 Å². The molecule has 2 N–H and O–H groups in total. The van der Waals surface area contributed by atoms with Crippen molar-refractivity contribution in [3.05, 3.63) is 40.8 Å². The van der Waals surface area contributed by atoms with Gasteiger partial charge in [0.05, 0.1) is 18.3 Å². The van der Waals surface area contributed by atoms with Gasteiger partial charge in [0.15, 0.2) is 0 Å². The van der Waals surface area contributed by atoms with Crippen LogP contribution in [-0.2, 0) is 0 Å². The number of aliphatic hydroxyl groups is 2. The third-order valence-electron chi connectivity index (χ3n) is 8.26. The van der Waals surface area contributed by atoms with Gasteiger partial charge >= 0.3 is 5.63 Å². The van der Waals surface area contributed by atoms with E-state index in [-0.39, 0.29) is 34.4 Å². The van der Waals surface area contributed by atoms with Gasteiger partial charge in [0, 0.05) is 23.4 Å². The lowest BCUT2D eigenvalue weighted by molar-refractivity contribution is -0.227. The second kappa shape index (κ2) is 6.85. The van der Waals surface area contributed by atoms with E-state index in [1.165, 1.54) is 6.07 Å². The van der Waals surface area contributed by atoms with Gasteiger partial charge in [0.25, 0.3) is 0 Å². The summed E-state index contributed by atoms with van der Waals surface area (Å²) in [4.78, 5) is 11.5. The van der Waals surface area contributed by atoms with Crippen molar-refractivity contribution in [3.63, 3.8) is 0 Å². The third-order valence-corrected chi connectivity index (χ3v) is 8.26. The van der Waals surface area contributed by atoms with Crippen LogP contribution in [0.2, 0.25) is 0 Å². The molecule has 0 bridgehead atoms. The van der Waals surface area contributed by atoms with Crippen LogP contribution in [0.5, 0.6) is 5.75 Å². The molecule has 1 aromatic carbocycles. The van der Waals surface area contributed by atoms with Gasteiger partial charge in [0.1, 0.15) is 11.3 Å². The average Bonchev–Trinajstić information content (AvgIpc) is 2.65. The van der Waals surface area contributed by atoms with Crippen molar-refractivity contribution in [1.29, 1.82) is 0 Å². The Bertz CT molecular complexity index is 959. The standard InChI is InChI=1S/C24H32O5/c1-22(2)19-9-7-16(24(4,27)23(19,3)12-11-20(22)25)14-28-17-8-5-15-6-10-21(26)29-18(15)13-17/h5-6,8,10,13,16,19-20,25,27H,7,9,11-12,14H2,1-4H3/t16-,19-,20+,23+,24-/m1/s1. The fourth-order valence-corrected chi connectivity index (χ4v) is 6.02. The van der Waals surface area contributed by atoms with Gasteiger partial charge in [-0.1, -0.05) is 20.8 Å². The van der Waals surface area contributed by atoms with E-state index < -0.39 is 5.60 Å². The van der Waals surface area contributed by atoms with E-state index in [1.807, 2.05) is 19.1 Å². The Balaban J connectivity index is 1.54. The maximum Gasteiger partial charge on any atom is 0.336 e. The van der Waals surface area contributed by atoms with Gasteiger partial charge in [-0.2, -0.15) is 0 Å². The van der Waals surface area contributed by atoms with Gasteiger partial charge in [-0.05, 0) is 67.6 Å². The van der Waals surface area contributed by atoms with Crippen LogP contribution in [0.4, 0.5) is 0 Å². The van der Waals surface area contributed by atoms with Crippen LogP contribution in [0.15, 0.2) is 39.5 Å². The molecule has 2 aliphatic rings. The highest BCUT2D eigenvalue weighted by atomic mass is 16.5. The molecule has 29 heavy (non-hydrogen) atoms. The lowest BCUT2D eigenvalue weighted by atomic mass is 9.44. The summed E-state index contributed by atoms with van der Waals surface area (Å²) in [5.41, 5.74) is -1.25. The van der Waals surface area contributed by atoms with E-state index in [9.17, 15) is 15.0 Å². The molecule has 2 aliphatic carbocycles. The first-order chi connectivity index (χ1) is 13.6. The number of rotatable bonds is 3. The van der Waals surface area contributed by atoms with Crippen molar-refractivity contribution in [1.82, 2.24) is 0 Å². The molecule has 0 aliphatic heterocycles. The molecule has 0 amide bonds. The number of fused-ring (bicyclic) bond motifs is 2. The molecule has 0 unspecified atom stereocenters. The van der Waals surface area contributed by atoms with Crippen LogP contribution < -0.4 is 10.4 Å². The Labute approximate surface area is 171 Å². The van der Waals surface area contributed by atoms with E-state index in [1.54, 1.807) is 12.1 Å². The van der Waals surface area contributed by atoms with Crippen molar-refractivity contribution < 1.29 is 19.4 Å². The number of aliphatic hydroxyl groups excluding tert-OH is 1. The van der Waals surface area contributed by atoms with Gasteiger partial charge in [-0.15, -0.1) is 0 Å². The molecule has 1 aromatic heterocycles. The summed E-state index contributed by atoms with van der Waals surface area (Å²) in [6.07, 6.45) is 3.03. The highest BCUT2D eigenvalue weighted by molar-refractivity contribution is 5.77. The van der Waals surface area contributed by atoms with Crippen LogP contribution >= 0.6 is 0 Å². The second-order valence-corrected chi connectivity index (χ2v) is 10.0. The normalized spacial score (nSPS) is 36.6. The molecule has 2 aromatic rings. The van der Waals surface area contributed by atoms with E-state index in [0.717, 1.165) is 24.6 Å². The first-order valence-corrected chi connectivity index (χ1v) is 10.6. The third kappa shape index (κ3) is 3.19. The van der Waals surface area contributed by atoms with E-state index >= 15 is 0 Å². The molecule has 2 saturated carbocycles. The minimum atomic E-state index is -0.892. The molecule has 0 radical (unpaired) electrons. The molecule has 2 fully saturated rings. The summed E-state index contributed by atoms with van der Waals surface area (Å²) in [5, 5.41) is 23.1.